The summed E-state index contributed by atoms with van der Waals surface area (Å²) in [5.74, 6) is -0.338. The van der Waals surface area contributed by atoms with Crippen LogP contribution in [0.1, 0.15) is 25.8 Å². The minimum Gasteiger partial charge on any atom is -0.466 e. The van der Waals surface area contributed by atoms with Gasteiger partial charge in [0.25, 0.3) is 0 Å². The van der Waals surface area contributed by atoms with Gasteiger partial charge < -0.3 is 14.7 Å². The van der Waals surface area contributed by atoms with Crippen LogP contribution in [-0.4, -0.2) is 36.4 Å². The lowest BCUT2D eigenvalue weighted by molar-refractivity contribution is -0.145. The van der Waals surface area contributed by atoms with Gasteiger partial charge >= 0.3 is 5.97 Å². The molecule has 4 nitrogen and oxygen atoms in total. The van der Waals surface area contributed by atoms with Crippen molar-refractivity contribution in [2.45, 2.75) is 38.8 Å². The van der Waals surface area contributed by atoms with Gasteiger partial charge in [-0.2, -0.15) is 0 Å². The third-order valence-electron chi connectivity index (χ3n) is 3.46. The van der Waals surface area contributed by atoms with E-state index in [1.54, 1.807) is 6.92 Å². The molecule has 4 heteroatoms. The van der Waals surface area contributed by atoms with Gasteiger partial charge in [0.05, 0.1) is 19.1 Å². The highest BCUT2D eigenvalue weighted by Crippen LogP contribution is 2.31. The fourth-order valence-corrected chi connectivity index (χ4v) is 2.61. The largest absolute Gasteiger partial charge is 0.466 e. The maximum Gasteiger partial charge on any atom is 0.308 e. The summed E-state index contributed by atoms with van der Waals surface area (Å²) in [6, 6.07) is 8.57. The van der Waals surface area contributed by atoms with Gasteiger partial charge in [0, 0.05) is 18.3 Å². The molecule has 0 amide bonds. The molecule has 0 bridgehead atoms. The molecule has 1 heterocycles. The van der Waals surface area contributed by atoms with Gasteiger partial charge in [-0.15, -0.1) is 0 Å². The first-order valence-corrected chi connectivity index (χ1v) is 6.80. The number of ether oxygens (including phenoxy) is 1. The molecule has 0 aromatic heterocycles. The number of rotatable bonds is 5. The molecule has 1 aliphatic rings. The van der Waals surface area contributed by atoms with Crippen LogP contribution in [0.4, 0.5) is 5.69 Å². The van der Waals surface area contributed by atoms with Gasteiger partial charge in [-0.3, -0.25) is 4.79 Å². The summed E-state index contributed by atoms with van der Waals surface area (Å²) in [5.41, 5.74) is 2.47. The molecule has 2 unspecified atom stereocenters. The van der Waals surface area contributed by atoms with Crippen LogP contribution in [0.5, 0.6) is 0 Å². The van der Waals surface area contributed by atoms with Crippen LogP contribution in [0.3, 0.4) is 0 Å². The molecule has 104 valence electrons. The zero-order valence-electron chi connectivity index (χ0n) is 11.5. The van der Waals surface area contributed by atoms with Gasteiger partial charge in [-0.1, -0.05) is 18.2 Å². The van der Waals surface area contributed by atoms with Crippen molar-refractivity contribution in [1.29, 1.82) is 0 Å². The lowest BCUT2D eigenvalue weighted by Gasteiger charge is -2.27. The number of anilines is 1. The van der Waals surface area contributed by atoms with E-state index < -0.39 is 6.10 Å². The van der Waals surface area contributed by atoms with E-state index in [0.717, 1.165) is 12.1 Å². The van der Waals surface area contributed by atoms with E-state index >= 15 is 0 Å². The van der Waals surface area contributed by atoms with Crippen molar-refractivity contribution in [1.82, 2.24) is 0 Å². The normalized spacial score (nSPS) is 19.1. The molecular formula is C15H21NO3. The number of aliphatic hydroxyl groups is 1. The molecule has 0 saturated heterocycles. The fourth-order valence-electron chi connectivity index (χ4n) is 2.61. The summed E-state index contributed by atoms with van der Waals surface area (Å²) in [4.78, 5) is 13.5. The zero-order valence-corrected chi connectivity index (χ0v) is 11.5. The van der Waals surface area contributed by atoms with Gasteiger partial charge in [0.1, 0.15) is 0 Å². The second-order valence-electron chi connectivity index (χ2n) is 5.00. The number of hydrogen-bond acceptors (Lipinski definition) is 4. The number of carbonyl (C=O) groups excluding carboxylic acids is 1. The molecule has 2 rings (SSSR count). The molecule has 0 fully saturated rings. The SMILES string of the molecule is CCOC(=O)CC(O)CN1c2ccccc2CC1C. The monoisotopic (exact) mass is 263 g/mol. The van der Waals surface area contributed by atoms with Gasteiger partial charge in [0.2, 0.25) is 0 Å². The lowest BCUT2D eigenvalue weighted by atomic mass is 10.1. The Bertz CT molecular complexity index is 447. The fraction of sp³-hybridized carbons (Fsp3) is 0.533. The number of hydrogen-bond donors (Lipinski definition) is 1. The molecule has 0 spiro atoms. The van der Waals surface area contributed by atoms with Gasteiger partial charge in [0.15, 0.2) is 0 Å². The average molecular weight is 263 g/mol. The van der Waals surface area contributed by atoms with Gasteiger partial charge in [-0.25, -0.2) is 0 Å². The number of para-hydroxylation sites is 1. The van der Waals surface area contributed by atoms with E-state index in [1.165, 1.54) is 5.56 Å². The number of fused-ring (bicyclic) bond motifs is 1. The van der Waals surface area contributed by atoms with E-state index in [1.807, 2.05) is 12.1 Å². The number of esters is 1. The summed E-state index contributed by atoms with van der Waals surface area (Å²) in [6.07, 6.45) is 0.356. The molecule has 1 aliphatic heterocycles. The number of nitrogens with zero attached hydrogens (tertiary/aromatic N) is 1. The van der Waals surface area contributed by atoms with Crippen molar-refractivity contribution < 1.29 is 14.6 Å². The molecule has 1 N–H and O–H groups in total. The molecular weight excluding hydrogens is 242 g/mol. The van der Waals surface area contributed by atoms with E-state index in [0.29, 0.717) is 19.2 Å². The Labute approximate surface area is 114 Å². The highest BCUT2D eigenvalue weighted by Gasteiger charge is 2.27. The van der Waals surface area contributed by atoms with E-state index in [-0.39, 0.29) is 12.4 Å². The van der Waals surface area contributed by atoms with Crippen molar-refractivity contribution in [2.24, 2.45) is 0 Å². The van der Waals surface area contributed by atoms with Crippen molar-refractivity contribution >= 4 is 11.7 Å². The molecule has 0 saturated carbocycles. The summed E-state index contributed by atoms with van der Waals surface area (Å²) in [6.45, 7) is 4.73. The average Bonchev–Trinajstić information content (AvgIpc) is 2.66. The summed E-state index contributed by atoms with van der Waals surface area (Å²) in [7, 11) is 0. The minimum absolute atomic E-state index is 0.0548. The van der Waals surface area contributed by atoms with Crippen molar-refractivity contribution in [3.8, 4) is 0 Å². The standard InChI is InChI=1S/C15H21NO3/c1-3-19-15(18)9-13(17)10-16-11(2)8-12-6-4-5-7-14(12)16/h4-7,11,13,17H,3,8-10H2,1-2H3. The lowest BCUT2D eigenvalue weighted by Crippen LogP contribution is -2.37. The first-order valence-electron chi connectivity index (χ1n) is 6.80. The number of benzene rings is 1. The van der Waals surface area contributed by atoms with Crippen LogP contribution in [0.15, 0.2) is 24.3 Å². The summed E-state index contributed by atoms with van der Waals surface area (Å²) in [5, 5.41) is 10.0. The molecule has 19 heavy (non-hydrogen) atoms. The Kier molecular flexibility index (Phi) is 4.43. The molecule has 0 radical (unpaired) electrons. The van der Waals surface area contributed by atoms with Crippen LogP contribution in [-0.2, 0) is 16.0 Å². The summed E-state index contributed by atoms with van der Waals surface area (Å²) < 4.78 is 4.86. The van der Waals surface area contributed by atoms with Crippen LogP contribution in [0, 0.1) is 0 Å². The number of β-amino-alcohol motifs (C(OH)–C–C–N with tert-alkyl or cyclic N) is 1. The molecule has 2 atom stereocenters. The highest BCUT2D eigenvalue weighted by molar-refractivity contribution is 5.70. The first-order chi connectivity index (χ1) is 9.11. The zero-order chi connectivity index (χ0) is 13.8. The number of carbonyl (C=O) groups is 1. The van der Waals surface area contributed by atoms with Crippen LogP contribution in [0.2, 0.25) is 0 Å². The second kappa shape index (κ2) is 6.06. The molecule has 1 aromatic carbocycles. The van der Waals surface area contributed by atoms with E-state index in [9.17, 15) is 9.90 Å². The molecule has 1 aromatic rings. The third-order valence-corrected chi connectivity index (χ3v) is 3.46. The quantitative estimate of drug-likeness (QED) is 0.822. The molecule has 0 aliphatic carbocycles. The van der Waals surface area contributed by atoms with Crippen LogP contribution >= 0.6 is 0 Å². The minimum atomic E-state index is -0.687. The maximum atomic E-state index is 11.4. The van der Waals surface area contributed by atoms with E-state index in [2.05, 4.69) is 24.0 Å². The van der Waals surface area contributed by atoms with Crippen molar-refractivity contribution in [3.05, 3.63) is 29.8 Å². The van der Waals surface area contributed by atoms with Crippen LogP contribution in [0.25, 0.3) is 0 Å². The smallest absolute Gasteiger partial charge is 0.308 e. The highest BCUT2D eigenvalue weighted by atomic mass is 16.5. The Morgan fingerprint density at radius 1 is 1.53 bits per heavy atom. The Hall–Kier alpha value is -1.55. The summed E-state index contributed by atoms with van der Waals surface area (Å²) >= 11 is 0. The first kappa shape index (κ1) is 13.9. The third kappa shape index (κ3) is 3.26. The van der Waals surface area contributed by atoms with Crippen molar-refractivity contribution in [2.75, 3.05) is 18.1 Å². The van der Waals surface area contributed by atoms with E-state index in [4.69, 9.17) is 4.74 Å². The number of aliphatic hydroxyl groups excluding tert-OH is 1. The predicted octanol–water partition coefficient (Wildman–Crippen LogP) is 1.75. The Balaban J connectivity index is 1.97. The van der Waals surface area contributed by atoms with Crippen molar-refractivity contribution in [3.63, 3.8) is 0 Å². The Morgan fingerprint density at radius 3 is 3.00 bits per heavy atom. The topological polar surface area (TPSA) is 49.8 Å². The predicted molar refractivity (Wildman–Crippen MR) is 74.2 cm³/mol. The Morgan fingerprint density at radius 2 is 2.26 bits per heavy atom. The van der Waals surface area contributed by atoms with Crippen LogP contribution < -0.4 is 4.90 Å². The second-order valence-corrected chi connectivity index (χ2v) is 5.00. The van der Waals surface area contributed by atoms with Gasteiger partial charge in [-0.05, 0) is 31.9 Å². The maximum absolute atomic E-state index is 11.4.